The number of hydrogen-bond donors (Lipinski definition) is 0. The van der Waals surface area contributed by atoms with Crippen LogP contribution in [0, 0.1) is 5.82 Å². The van der Waals surface area contributed by atoms with Crippen LogP contribution in [0.5, 0.6) is 5.75 Å². The molecule has 0 aromatic heterocycles. The van der Waals surface area contributed by atoms with Gasteiger partial charge in [-0.3, -0.25) is 4.79 Å². The number of fused-ring (bicyclic) bond motifs is 1. The molecule has 2 aromatic rings. The van der Waals surface area contributed by atoms with Gasteiger partial charge in [-0.05, 0) is 36.4 Å². The fraction of sp³-hybridized carbons (Fsp3) is 0.250. The number of amides is 1. The first-order valence-corrected chi connectivity index (χ1v) is 10.4. The Morgan fingerprint density at radius 3 is 2.36 bits per heavy atom. The second kappa shape index (κ2) is 7.37. The molecule has 0 unspecified atom stereocenters. The summed E-state index contributed by atoms with van der Waals surface area (Å²) in [5.41, 5.74) is 1.41. The van der Waals surface area contributed by atoms with E-state index < -0.39 is 15.8 Å². The highest BCUT2D eigenvalue weighted by Gasteiger charge is 2.31. The first-order chi connectivity index (χ1) is 13.4. The SMILES string of the molecule is O=C(C1=Cc2ccccc2OC1)N1CCN(S(=O)(=O)c2ccc(F)cc2)CC1. The van der Waals surface area contributed by atoms with Crippen LogP contribution in [0.15, 0.2) is 59.0 Å². The summed E-state index contributed by atoms with van der Waals surface area (Å²) in [5.74, 6) is 0.113. The number of carbonyl (C=O) groups is 1. The van der Waals surface area contributed by atoms with Crippen molar-refractivity contribution in [1.29, 1.82) is 0 Å². The first-order valence-electron chi connectivity index (χ1n) is 8.92. The fourth-order valence-corrected chi connectivity index (χ4v) is 4.75. The molecule has 6 nitrogen and oxygen atoms in total. The summed E-state index contributed by atoms with van der Waals surface area (Å²) in [7, 11) is -3.70. The summed E-state index contributed by atoms with van der Waals surface area (Å²) < 4.78 is 45.4. The molecule has 0 saturated carbocycles. The molecule has 2 aliphatic rings. The van der Waals surface area contributed by atoms with E-state index in [2.05, 4.69) is 0 Å². The number of carbonyl (C=O) groups excluding carboxylic acids is 1. The smallest absolute Gasteiger partial charge is 0.253 e. The molecule has 0 N–H and O–H groups in total. The van der Waals surface area contributed by atoms with E-state index in [4.69, 9.17) is 4.74 Å². The van der Waals surface area contributed by atoms with Crippen molar-refractivity contribution in [2.24, 2.45) is 0 Å². The van der Waals surface area contributed by atoms with Crippen LogP contribution in [0.2, 0.25) is 0 Å². The number of para-hydroxylation sites is 1. The van der Waals surface area contributed by atoms with Gasteiger partial charge in [0, 0.05) is 31.7 Å². The Kier molecular flexibility index (Phi) is 4.91. The van der Waals surface area contributed by atoms with Crippen molar-refractivity contribution < 1.29 is 22.3 Å². The van der Waals surface area contributed by atoms with E-state index in [-0.39, 0.29) is 43.6 Å². The molecule has 2 aliphatic heterocycles. The molecule has 8 heteroatoms. The number of piperazine rings is 1. The Morgan fingerprint density at radius 1 is 0.964 bits per heavy atom. The van der Waals surface area contributed by atoms with Gasteiger partial charge in [-0.2, -0.15) is 4.31 Å². The second-order valence-corrected chi connectivity index (χ2v) is 8.58. The molecular formula is C20H19FN2O4S. The van der Waals surface area contributed by atoms with Crippen LogP contribution in [0.1, 0.15) is 5.56 Å². The van der Waals surface area contributed by atoms with E-state index >= 15 is 0 Å². The third-order valence-electron chi connectivity index (χ3n) is 4.88. The molecule has 2 heterocycles. The lowest BCUT2D eigenvalue weighted by atomic mass is 10.1. The van der Waals surface area contributed by atoms with Gasteiger partial charge in [-0.15, -0.1) is 0 Å². The molecule has 0 bridgehead atoms. The number of hydrogen-bond acceptors (Lipinski definition) is 4. The highest BCUT2D eigenvalue weighted by molar-refractivity contribution is 7.89. The minimum absolute atomic E-state index is 0.0497. The van der Waals surface area contributed by atoms with E-state index in [9.17, 15) is 17.6 Å². The summed E-state index contributed by atoms with van der Waals surface area (Å²) in [6.45, 7) is 1.16. The van der Waals surface area contributed by atoms with Crippen molar-refractivity contribution in [3.8, 4) is 5.75 Å². The lowest BCUT2D eigenvalue weighted by Gasteiger charge is -2.34. The van der Waals surface area contributed by atoms with Crippen LogP contribution in [0.25, 0.3) is 6.08 Å². The molecular weight excluding hydrogens is 383 g/mol. The first kappa shape index (κ1) is 18.6. The number of ether oxygens (including phenoxy) is 1. The van der Waals surface area contributed by atoms with Crippen LogP contribution < -0.4 is 4.74 Å². The number of halogens is 1. The number of rotatable bonds is 3. The van der Waals surface area contributed by atoms with Crippen molar-refractivity contribution >= 4 is 22.0 Å². The predicted octanol–water partition coefficient (Wildman–Crippen LogP) is 2.13. The number of benzene rings is 2. The average molecular weight is 402 g/mol. The number of sulfonamides is 1. The zero-order valence-electron chi connectivity index (χ0n) is 15.0. The van der Waals surface area contributed by atoms with Crippen molar-refractivity contribution in [2.75, 3.05) is 32.8 Å². The van der Waals surface area contributed by atoms with E-state index in [1.165, 1.54) is 16.4 Å². The van der Waals surface area contributed by atoms with Crippen LogP contribution >= 0.6 is 0 Å². The predicted molar refractivity (Wildman–Crippen MR) is 102 cm³/mol. The molecule has 1 saturated heterocycles. The summed E-state index contributed by atoms with van der Waals surface area (Å²) in [5, 5.41) is 0. The maximum atomic E-state index is 13.1. The molecule has 1 amide bonds. The zero-order valence-corrected chi connectivity index (χ0v) is 15.9. The highest BCUT2D eigenvalue weighted by atomic mass is 32.2. The Bertz CT molecular complexity index is 1030. The fourth-order valence-electron chi connectivity index (χ4n) is 3.33. The topological polar surface area (TPSA) is 66.9 Å². The number of nitrogens with zero attached hydrogens (tertiary/aromatic N) is 2. The summed E-state index contributed by atoms with van der Waals surface area (Å²) >= 11 is 0. The Labute approximate surface area is 162 Å². The zero-order chi connectivity index (χ0) is 19.7. The van der Waals surface area contributed by atoms with Crippen molar-refractivity contribution in [2.45, 2.75) is 4.90 Å². The summed E-state index contributed by atoms with van der Waals surface area (Å²) in [6.07, 6.45) is 1.82. The van der Waals surface area contributed by atoms with Crippen LogP contribution in [-0.2, 0) is 14.8 Å². The Balaban J connectivity index is 1.44. The summed E-state index contributed by atoms with van der Waals surface area (Å²) in [6, 6.07) is 12.3. The van der Waals surface area contributed by atoms with Gasteiger partial charge in [0.05, 0.1) is 10.5 Å². The molecule has 2 aromatic carbocycles. The minimum Gasteiger partial charge on any atom is -0.488 e. The maximum absolute atomic E-state index is 13.1. The van der Waals surface area contributed by atoms with Gasteiger partial charge in [-0.25, -0.2) is 12.8 Å². The average Bonchev–Trinajstić information content (AvgIpc) is 2.73. The molecule has 28 heavy (non-hydrogen) atoms. The van der Waals surface area contributed by atoms with E-state index in [0.29, 0.717) is 5.57 Å². The van der Waals surface area contributed by atoms with Crippen molar-refractivity contribution in [3.63, 3.8) is 0 Å². The lowest BCUT2D eigenvalue weighted by Crippen LogP contribution is -2.51. The molecule has 0 radical (unpaired) electrons. The van der Waals surface area contributed by atoms with Gasteiger partial charge in [0.1, 0.15) is 18.2 Å². The maximum Gasteiger partial charge on any atom is 0.253 e. The van der Waals surface area contributed by atoms with Gasteiger partial charge in [0.15, 0.2) is 0 Å². The van der Waals surface area contributed by atoms with Gasteiger partial charge in [0.25, 0.3) is 5.91 Å². The highest BCUT2D eigenvalue weighted by Crippen LogP contribution is 2.27. The van der Waals surface area contributed by atoms with Gasteiger partial charge in [-0.1, -0.05) is 18.2 Å². The third kappa shape index (κ3) is 3.53. The standard InChI is InChI=1S/C20H19FN2O4S/c21-17-5-7-18(8-6-17)28(25,26)23-11-9-22(10-12-23)20(24)16-13-15-3-1-2-4-19(15)27-14-16/h1-8,13H,9-12,14H2. The van der Waals surface area contributed by atoms with Gasteiger partial charge >= 0.3 is 0 Å². The van der Waals surface area contributed by atoms with E-state index in [1.54, 1.807) is 4.90 Å². The monoisotopic (exact) mass is 402 g/mol. The van der Waals surface area contributed by atoms with Crippen molar-refractivity contribution in [1.82, 2.24) is 9.21 Å². The molecule has 0 atom stereocenters. The molecule has 0 aliphatic carbocycles. The molecule has 0 spiro atoms. The van der Waals surface area contributed by atoms with Crippen molar-refractivity contribution in [3.05, 3.63) is 65.5 Å². The third-order valence-corrected chi connectivity index (χ3v) is 6.80. The largest absolute Gasteiger partial charge is 0.488 e. The molecule has 1 fully saturated rings. The van der Waals surface area contributed by atoms with Crippen LogP contribution in [-0.4, -0.2) is 56.3 Å². The van der Waals surface area contributed by atoms with Crippen LogP contribution in [0.3, 0.4) is 0 Å². The van der Waals surface area contributed by atoms with Gasteiger partial charge < -0.3 is 9.64 Å². The molecule has 4 rings (SSSR count). The quantitative estimate of drug-likeness (QED) is 0.789. The van der Waals surface area contributed by atoms with E-state index in [0.717, 1.165) is 23.4 Å². The van der Waals surface area contributed by atoms with Gasteiger partial charge in [0.2, 0.25) is 10.0 Å². The Hall–Kier alpha value is -2.71. The minimum atomic E-state index is -3.70. The van der Waals surface area contributed by atoms with Crippen LogP contribution in [0.4, 0.5) is 4.39 Å². The summed E-state index contributed by atoms with van der Waals surface area (Å²) in [4.78, 5) is 14.5. The lowest BCUT2D eigenvalue weighted by molar-refractivity contribution is -0.128. The Morgan fingerprint density at radius 2 is 1.64 bits per heavy atom. The molecule has 146 valence electrons. The second-order valence-electron chi connectivity index (χ2n) is 6.65. The normalized spacial score (nSPS) is 17.5. The van der Waals surface area contributed by atoms with E-state index in [1.807, 2.05) is 30.3 Å².